The van der Waals surface area contributed by atoms with Crippen LogP contribution < -0.4 is 0 Å². The van der Waals surface area contributed by atoms with Crippen LogP contribution in [-0.2, 0) is 6.18 Å². The fourth-order valence-corrected chi connectivity index (χ4v) is 1.55. The van der Waals surface area contributed by atoms with E-state index in [-0.39, 0.29) is 17.0 Å². The molecule has 1 aromatic carbocycles. The van der Waals surface area contributed by atoms with E-state index in [9.17, 15) is 13.2 Å². The van der Waals surface area contributed by atoms with Gasteiger partial charge in [0.25, 0.3) is 0 Å². The van der Waals surface area contributed by atoms with Crippen molar-refractivity contribution in [2.24, 2.45) is 0 Å². The molecule has 0 aliphatic carbocycles. The first-order chi connectivity index (χ1) is 9.45. The van der Waals surface area contributed by atoms with E-state index in [1.807, 2.05) is 6.07 Å². The Hall–Kier alpha value is -2.93. The molecule has 0 saturated carbocycles. The molecule has 0 N–H and O–H groups in total. The molecule has 0 amide bonds. The minimum Gasteiger partial charge on any atom is -0.235 e. The van der Waals surface area contributed by atoms with Crippen molar-refractivity contribution < 1.29 is 13.2 Å². The Morgan fingerprint density at radius 1 is 1.00 bits per heavy atom. The molecule has 1 heterocycles. The summed E-state index contributed by atoms with van der Waals surface area (Å²) in [6, 6.07) is 6.52. The lowest BCUT2D eigenvalue weighted by molar-refractivity contribution is -0.137. The van der Waals surface area contributed by atoms with Gasteiger partial charge in [0.15, 0.2) is 5.82 Å². The normalized spacial score (nSPS) is 10.7. The van der Waals surface area contributed by atoms with Crippen LogP contribution in [0.5, 0.6) is 0 Å². The number of hydrogen-bond acceptors (Lipinski definition) is 4. The Balaban J connectivity index is 2.54. The highest BCUT2D eigenvalue weighted by Crippen LogP contribution is 2.34. The van der Waals surface area contributed by atoms with Gasteiger partial charge in [0.05, 0.1) is 22.8 Å². The highest BCUT2D eigenvalue weighted by molar-refractivity contribution is 5.59. The molecule has 20 heavy (non-hydrogen) atoms. The Labute approximate surface area is 111 Å². The molecule has 0 aliphatic heterocycles. The van der Waals surface area contributed by atoms with Gasteiger partial charge in [0, 0.05) is 18.0 Å². The van der Waals surface area contributed by atoms with Crippen molar-refractivity contribution >= 4 is 0 Å². The highest BCUT2D eigenvalue weighted by Gasteiger charge is 2.34. The van der Waals surface area contributed by atoms with E-state index in [0.29, 0.717) is 0 Å². The van der Waals surface area contributed by atoms with Crippen molar-refractivity contribution in [3.05, 3.63) is 47.3 Å². The summed E-state index contributed by atoms with van der Waals surface area (Å²) in [4.78, 5) is 7.63. The maximum Gasteiger partial charge on any atom is 0.417 e. The van der Waals surface area contributed by atoms with E-state index >= 15 is 0 Å². The summed E-state index contributed by atoms with van der Waals surface area (Å²) in [5.74, 6) is 0.0546. The SMILES string of the molecule is N#Cc1cnc(-c2ccc(C#N)c(C(F)(F)F)c2)nc1. The second kappa shape index (κ2) is 4.98. The summed E-state index contributed by atoms with van der Waals surface area (Å²) in [6.07, 6.45) is -2.20. The monoisotopic (exact) mass is 274 g/mol. The van der Waals surface area contributed by atoms with Crippen LogP contribution in [-0.4, -0.2) is 9.97 Å². The third kappa shape index (κ3) is 2.57. The standard InChI is InChI=1S/C13H5F3N4/c14-13(15,16)11-3-9(1-2-10(11)5-18)12-19-6-8(4-17)7-20-12/h1-3,6-7H. The van der Waals surface area contributed by atoms with Crippen LogP contribution in [0.3, 0.4) is 0 Å². The zero-order valence-corrected chi connectivity index (χ0v) is 9.81. The summed E-state index contributed by atoms with van der Waals surface area (Å²) in [5.41, 5.74) is -1.17. The lowest BCUT2D eigenvalue weighted by Gasteiger charge is -2.10. The molecule has 0 atom stereocenters. The molecule has 98 valence electrons. The third-order valence-corrected chi connectivity index (χ3v) is 2.48. The molecule has 0 unspecified atom stereocenters. The molecule has 0 radical (unpaired) electrons. The van der Waals surface area contributed by atoms with Crippen LogP contribution in [0.2, 0.25) is 0 Å². The van der Waals surface area contributed by atoms with E-state index in [2.05, 4.69) is 9.97 Å². The van der Waals surface area contributed by atoms with E-state index in [0.717, 1.165) is 12.1 Å². The Bertz CT molecular complexity index is 721. The summed E-state index contributed by atoms with van der Waals surface area (Å²) in [7, 11) is 0. The molecule has 4 nitrogen and oxygen atoms in total. The Morgan fingerprint density at radius 2 is 1.65 bits per heavy atom. The molecule has 0 aliphatic rings. The van der Waals surface area contributed by atoms with Gasteiger partial charge < -0.3 is 0 Å². The summed E-state index contributed by atoms with van der Waals surface area (Å²) in [5, 5.41) is 17.3. The smallest absolute Gasteiger partial charge is 0.235 e. The van der Waals surface area contributed by atoms with Gasteiger partial charge in [-0.3, -0.25) is 0 Å². The van der Waals surface area contributed by atoms with E-state index in [4.69, 9.17) is 10.5 Å². The quantitative estimate of drug-likeness (QED) is 0.801. The fourth-order valence-electron chi connectivity index (χ4n) is 1.55. The molecule has 0 fully saturated rings. The van der Waals surface area contributed by atoms with Gasteiger partial charge in [-0.15, -0.1) is 0 Å². The van der Waals surface area contributed by atoms with Crippen LogP contribution in [0.1, 0.15) is 16.7 Å². The molecule has 1 aromatic heterocycles. The van der Waals surface area contributed by atoms with Gasteiger partial charge in [-0.1, -0.05) is 0 Å². The maximum absolute atomic E-state index is 12.8. The van der Waals surface area contributed by atoms with Crippen LogP contribution >= 0.6 is 0 Å². The summed E-state index contributed by atoms with van der Waals surface area (Å²) >= 11 is 0. The average Bonchev–Trinajstić information content (AvgIpc) is 2.46. The number of hydrogen-bond donors (Lipinski definition) is 0. The predicted octanol–water partition coefficient (Wildman–Crippen LogP) is 2.91. The number of nitrogens with zero attached hydrogens (tertiary/aromatic N) is 4. The molecular formula is C13H5F3N4. The van der Waals surface area contributed by atoms with Crippen LogP contribution in [0, 0.1) is 22.7 Å². The van der Waals surface area contributed by atoms with Crippen LogP contribution in [0.25, 0.3) is 11.4 Å². The second-order valence-electron chi connectivity index (χ2n) is 3.78. The topological polar surface area (TPSA) is 73.4 Å². The lowest BCUT2D eigenvalue weighted by Crippen LogP contribution is -2.08. The van der Waals surface area contributed by atoms with Crippen molar-refractivity contribution in [3.8, 4) is 23.5 Å². The first kappa shape index (κ1) is 13.5. The van der Waals surface area contributed by atoms with Crippen LogP contribution in [0.15, 0.2) is 30.6 Å². The molecular weight excluding hydrogens is 269 g/mol. The van der Waals surface area contributed by atoms with E-state index in [1.54, 1.807) is 0 Å². The summed E-state index contributed by atoms with van der Waals surface area (Å²) in [6.45, 7) is 0. The number of nitriles is 2. The average molecular weight is 274 g/mol. The largest absolute Gasteiger partial charge is 0.417 e. The molecule has 7 heteroatoms. The van der Waals surface area contributed by atoms with Gasteiger partial charge in [-0.25, -0.2) is 9.97 Å². The molecule has 0 bridgehead atoms. The van der Waals surface area contributed by atoms with E-state index in [1.165, 1.54) is 24.5 Å². The number of aromatic nitrogens is 2. The molecule has 0 saturated heterocycles. The minimum absolute atomic E-state index is 0.0546. The Morgan fingerprint density at radius 3 is 2.15 bits per heavy atom. The maximum atomic E-state index is 12.8. The van der Waals surface area contributed by atoms with Crippen molar-refractivity contribution in [1.29, 1.82) is 10.5 Å². The van der Waals surface area contributed by atoms with Gasteiger partial charge >= 0.3 is 6.18 Å². The second-order valence-corrected chi connectivity index (χ2v) is 3.78. The number of benzene rings is 1. The van der Waals surface area contributed by atoms with Crippen molar-refractivity contribution in [2.75, 3.05) is 0 Å². The minimum atomic E-state index is -4.63. The predicted molar refractivity (Wildman–Crippen MR) is 61.9 cm³/mol. The molecule has 2 rings (SSSR count). The van der Waals surface area contributed by atoms with Crippen molar-refractivity contribution in [2.45, 2.75) is 6.18 Å². The van der Waals surface area contributed by atoms with Crippen molar-refractivity contribution in [1.82, 2.24) is 9.97 Å². The van der Waals surface area contributed by atoms with Gasteiger partial charge in [0.1, 0.15) is 6.07 Å². The highest BCUT2D eigenvalue weighted by atomic mass is 19.4. The number of halogens is 3. The number of alkyl halides is 3. The van der Waals surface area contributed by atoms with E-state index < -0.39 is 17.3 Å². The van der Waals surface area contributed by atoms with Gasteiger partial charge in [0.2, 0.25) is 0 Å². The van der Waals surface area contributed by atoms with Crippen LogP contribution in [0.4, 0.5) is 13.2 Å². The third-order valence-electron chi connectivity index (χ3n) is 2.48. The zero-order valence-electron chi connectivity index (χ0n) is 9.81. The molecule has 0 spiro atoms. The fraction of sp³-hybridized carbons (Fsp3) is 0.0769. The zero-order chi connectivity index (χ0) is 14.8. The first-order valence-corrected chi connectivity index (χ1v) is 5.29. The summed E-state index contributed by atoms with van der Waals surface area (Å²) < 4.78 is 38.4. The van der Waals surface area contributed by atoms with Gasteiger partial charge in [-0.2, -0.15) is 23.7 Å². The lowest BCUT2D eigenvalue weighted by atomic mass is 10.0. The number of rotatable bonds is 1. The first-order valence-electron chi connectivity index (χ1n) is 5.29. The van der Waals surface area contributed by atoms with Gasteiger partial charge in [-0.05, 0) is 18.2 Å². The van der Waals surface area contributed by atoms with Crippen molar-refractivity contribution in [3.63, 3.8) is 0 Å². The molecule has 2 aromatic rings. The Kier molecular flexibility index (Phi) is 3.36.